The molecule has 17 heavy (non-hydrogen) atoms. The summed E-state index contributed by atoms with van der Waals surface area (Å²) in [5.41, 5.74) is 1.35. The van der Waals surface area contributed by atoms with Crippen LogP contribution in [0.2, 0.25) is 0 Å². The highest BCUT2D eigenvalue weighted by atomic mass is 16.3. The van der Waals surface area contributed by atoms with Gasteiger partial charge in [0.25, 0.3) is 0 Å². The fourth-order valence-corrected chi connectivity index (χ4v) is 2.05. The fraction of sp³-hybridized carbons (Fsp3) is 0.600. The first-order valence-electron chi connectivity index (χ1n) is 6.57. The van der Waals surface area contributed by atoms with Crippen LogP contribution in [0, 0.1) is 5.92 Å². The Morgan fingerprint density at radius 2 is 1.76 bits per heavy atom. The molecule has 2 nitrogen and oxygen atoms in total. The van der Waals surface area contributed by atoms with E-state index in [0.29, 0.717) is 12.0 Å². The predicted octanol–water partition coefficient (Wildman–Crippen LogP) is 3.13. The second kappa shape index (κ2) is 7.46. The molecular weight excluding hydrogens is 210 g/mol. The largest absolute Gasteiger partial charge is 0.393 e. The Labute approximate surface area is 105 Å². The minimum Gasteiger partial charge on any atom is -0.393 e. The van der Waals surface area contributed by atoms with Gasteiger partial charge >= 0.3 is 0 Å². The van der Waals surface area contributed by atoms with Crippen molar-refractivity contribution < 1.29 is 5.11 Å². The van der Waals surface area contributed by atoms with Gasteiger partial charge in [-0.3, -0.25) is 0 Å². The Bertz CT molecular complexity index is 295. The number of benzene rings is 1. The molecule has 1 aromatic carbocycles. The van der Waals surface area contributed by atoms with Crippen LogP contribution in [-0.2, 0) is 0 Å². The van der Waals surface area contributed by atoms with Crippen LogP contribution in [0.4, 0.5) is 0 Å². The van der Waals surface area contributed by atoms with Gasteiger partial charge in [-0.1, -0.05) is 44.2 Å². The standard InChI is InChI=1S/C15H25NO/c1-12(2)15(14-9-5-4-6-10-14)16-11-7-8-13(3)17/h4-6,9-10,12-13,15-17H,7-8,11H2,1-3H3. The average molecular weight is 235 g/mol. The van der Waals surface area contributed by atoms with Gasteiger partial charge in [0.05, 0.1) is 6.10 Å². The zero-order valence-corrected chi connectivity index (χ0v) is 11.2. The van der Waals surface area contributed by atoms with Crippen LogP contribution < -0.4 is 5.32 Å². The monoisotopic (exact) mass is 235 g/mol. The summed E-state index contributed by atoms with van der Waals surface area (Å²) in [6, 6.07) is 11.0. The van der Waals surface area contributed by atoms with Crippen molar-refractivity contribution in [1.82, 2.24) is 5.32 Å². The summed E-state index contributed by atoms with van der Waals surface area (Å²) in [5, 5.41) is 12.8. The van der Waals surface area contributed by atoms with Crippen LogP contribution in [0.1, 0.15) is 45.2 Å². The molecule has 0 amide bonds. The number of nitrogens with one attached hydrogen (secondary N) is 1. The third-order valence-electron chi connectivity index (χ3n) is 2.99. The van der Waals surface area contributed by atoms with Crippen molar-refractivity contribution in [3.8, 4) is 0 Å². The topological polar surface area (TPSA) is 32.3 Å². The van der Waals surface area contributed by atoms with E-state index in [1.165, 1.54) is 5.56 Å². The Morgan fingerprint density at radius 3 is 2.29 bits per heavy atom. The molecule has 0 aliphatic carbocycles. The summed E-state index contributed by atoms with van der Waals surface area (Å²) >= 11 is 0. The van der Waals surface area contributed by atoms with E-state index in [9.17, 15) is 5.11 Å². The van der Waals surface area contributed by atoms with Gasteiger partial charge in [-0.05, 0) is 37.8 Å². The van der Waals surface area contributed by atoms with Gasteiger partial charge in [0.15, 0.2) is 0 Å². The van der Waals surface area contributed by atoms with E-state index in [4.69, 9.17) is 0 Å². The Kier molecular flexibility index (Phi) is 6.23. The summed E-state index contributed by atoms with van der Waals surface area (Å²) < 4.78 is 0. The molecule has 0 radical (unpaired) electrons. The summed E-state index contributed by atoms with van der Waals surface area (Å²) in [6.45, 7) is 7.28. The Balaban J connectivity index is 2.45. The second-order valence-corrected chi connectivity index (χ2v) is 5.08. The van der Waals surface area contributed by atoms with E-state index >= 15 is 0 Å². The third kappa shape index (κ3) is 5.33. The van der Waals surface area contributed by atoms with E-state index in [1.807, 2.05) is 13.0 Å². The fourth-order valence-electron chi connectivity index (χ4n) is 2.05. The molecule has 0 aliphatic heterocycles. The molecule has 1 aromatic rings. The van der Waals surface area contributed by atoms with Crippen LogP contribution in [0.3, 0.4) is 0 Å². The normalized spacial score (nSPS) is 14.9. The van der Waals surface area contributed by atoms with Crippen molar-refractivity contribution in [3.05, 3.63) is 35.9 Å². The summed E-state index contributed by atoms with van der Waals surface area (Å²) in [7, 11) is 0. The first-order valence-corrected chi connectivity index (χ1v) is 6.57. The Morgan fingerprint density at radius 1 is 1.12 bits per heavy atom. The second-order valence-electron chi connectivity index (χ2n) is 5.08. The van der Waals surface area contributed by atoms with Crippen molar-refractivity contribution in [1.29, 1.82) is 0 Å². The van der Waals surface area contributed by atoms with Crippen molar-refractivity contribution in [2.45, 2.75) is 45.8 Å². The molecule has 2 heteroatoms. The number of rotatable bonds is 7. The molecule has 0 aliphatic rings. The molecule has 0 spiro atoms. The van der Waals surface area contributed by atoms with Crippen molar-refractivity contribution in [3.63, 3.8) is 0 Å². The number of aliphatic hydroxyl groups is 1. The summed E-state index contributed by atoms with van der Waals surface area (Å²) in [5.74, 6) is 0.573. The van der Waals surface area contributed by atoms with Gasteiger partial charge < -0.3 is 10.4 Å². The number of hydrogen-bond donors (Lipinski definition) is 2. The summed E-state index contributed by atoms with van der Waals surface area (Å²) in [6.07, 6.45) is 1.70. The molecule has 2 unspecified atom stereocenters. The number of hydrogen-bond acceptors (Lipinski definition) is 2. The maximum absolute atomic E-state index is 9.22. The first kappa shape index (κ1) is 14.2. The highest BCUT2D eigenvalue weighted by Crippen LogP contribution is 2.21. The third-order valence-corrected chi connectivity index (χ3v) is 2.99. The minimum atomic E-state index is -0.189. The highest BCUT2D eigenvalue weighted by molar-refractivity contribution is 5.19. The molecule has 0 bridgehead atoms. The van der Waals surface area contributed by atoms with Gasteiger partial charge in [0.1, 0.15) is 0 Å². The molecule has 96 valence electrons. The van der Waals surface area contributed by atoms with Gasteiger partial charge in [-0.15, -0.1) is 0 Å². The summed E-state index contributed by atoms with van der Waals surface area (Å²) in [4.78, 5) is 0. The minimum absolute atomic E-state index is 0.189. The van der Waals surface area contributed by atoms with Crippen LogP contribution in [-0.4, -0.2) is 17.8 Å². The molecule has 0 saturated heterocycles. The molecule has 1 rings (SSSR count). The van der Waals surface area contributed by atoms with Gasteiger partial charge in [0.2, 0.25) is 0 Å². The van der Waals surface area contributed by atoms with Crippen molar-refractivity contribution >= 4 is 0 Å². The molecular formula is C15H25NO. The van der Waals surface area contributed by atoms with Gasteiger partial charge in [-0.25, -0.2) is 0 Å². The lowest BCUT2D eigenvalue weighted by atomic mass is 9.96. The number of aliphatic hydroxyl groups excluding tert-OH is 1. The molecule has 2 N–H and O–H groups in total. The van der Waals surface area contributed by atoms with Crippen LogP contribution >= 0.6 is 0 Å². The quantitative estimate of drug-likeness (QED) is 0.712. The molecule has 0 saturated carbocycles. The maximum Gasteiger partial charge on any atom is 0.0512 e. The van der Waals surface area contributed by atoms with Crippen molar-refractivity contribution in [2.75, 3.05) is 6.54 Å². The lowest BCUT2D eigenvalue weighted by Crippen LogP contribution is -2.27. The van der Waals surface area contributed by atoms with E-state index in [0.717, 1.165) is 19.4 Å². The van der Waals surface area contributed by atoms with Crippen LogP contribution in [0.15, 0.2) is 30.3 Å². The van der Waals surface area contributed by atoms with E-state index in [-0.39, 0.29) is 6.10 Å². The van der Waals surface area contributed by atoms with E-state index < -0.39 is 0 Å². The lowest BCUT2D eigenvalue weighted by molar-refractivity contribution is 0.180. The van der Waals surface area contributed by atoms with Crippen LogP contribution in [0.25, 0.3) is 0 Å². The first-order chi connectivity index (χ1) is 8.11. The molecule has 0 fully saturated rings. The van der Waals surface area contributed by atoms with Gasteiger partial charge in [0, 0.05) is 6.04 Å². The lowest BCUT2D eigenvalue weighted by Gasteiger charge is -2.23. The van der Waals surface area contributed by atoms with Crippen LogP contribution in [0.5, 0.6) is 0 Å². The highest BCUT2D eigenvalue weighted by Gasteiger charge is 2.14. The zero-order chi connectivity index (χ0) is 12.7. The smallest absolute Gasteiger partial charge is 0.0512 e. The predicted molar refractivity (Wildman–Crippen MR) is 72.9 cm³/mol. The zero-order valence-electron chi connectivity index (χ0n) is 11.2. The average Bonchev–Trinajstić information content (AvgIpc) is 2.29. The SMILES string of the molecule is CC(O)CCCNC(c1ccccc1)C(C)C. The Hall–Kier alpha value is -0.860. The molecule has 2 atom stereocenters. The van der Waals surface area contributed by atoms with E-state index in [1.54, 1.807) is 0 Å². The maximum atomic E-state index is 9.22. The molecule has 0 heterocycles. The van der Waals surface area contributed by atoms with Crippen molar-refractivity contribution in [2.24, 2.45) is 5.92 Å². The van der Waals surface area contributed by atoms with E-state index in [2.05, 4.69) is 43.4 Å². The molecule has 0 aromatic heterocycles. The van der Waals surface area contributed by atoms with Gasteiger partial charge in [-0.2, -0.15) is 0 Å².